The molecule has 0 aromatic heterocycles. The molecule has 2 heteroatoms. The van der Waals surface area contributed by atoms with E-state index in [-0.39, 0.29) is 6.90 Å². The van der Waals surface area contributed by atoms with Gasteiger partial charge in [-0.15, -0.1) is 0 Å². The molecule has 1 fully saturated rings. The maximum Gasteiger partial charge on any atom is 0.0821 e. The van der Waals surface area contributed by atoms with Gasteiger partial charge in [0, 0.05) is 7.95 Å². The Kier molecular flexibility index (Phi) is 0.784. The summed E-state index contributed by atoms with van der Waals surface area (Å²) in [6, 6.07) is 0. The topological polar surface area (TPSA) is 29.5 Å². The van der Waals surface area contributed by atoms with Crippen molar-refractivity contribution in [3.05, 3.63) is 0 Å². The SMILES string of the molecule is [2H]C[C@H]1O[C@H]([3H])CC1O. The van der Waals surface area contributed by atoms with Gasteiger partial charge in [-0.25, -0.2) is 0 Å². The van der Waals surface area contributed by atoms with E-state index < -0.39 is 18.8 Å². The lowest BCUT2D eigenvalue weighted by Gasteiger charge is -2.03. The van der Waals surface area contributed by atoms with Crippen LogP contribution in [0.15, 0.2) is 0 Å². The largest absolute Gasteiger partial charge is 0.390 e. The second-order valence-electron chi connectivity index (χ2n) is 1.64. The van der Waals surface area contributed by atoms with Crippen molar-refractivity contribution in [2.24, 2.45) is 0 Å². The number of aliphatic hydroxyl groups is 1. The Morgan fingerprint density at radius 3 is 3.43 bits per heavy atom. The summed E-state index contributed by atoms with van der Waals surface area (Å²) in [6.45, 7) is -0.563. The van der Waals surface area contributed by atoms with E-state index >= 15 is 0 Å². The Morgan fingerprint density at radius 1 is 2.29 bits per heavy atom. The number of aliphatic hydroxyl groups excluding tert-OH is 1. The van der Waals surface area contributed by atoms with Crippen molar-refractivity contribution in [1.29, 1.82) is 0 Å². The summed E-state index contributed by atoms with van der Waals surface area (Å²) in [7, 11) is 0. The lowest BCUT2D eigenvalue weighted by molar-refractivity contribution is 0.0556. The van der Waals surface area contributed by atoms with Crippen LogP contribution in [-0.2, 0) is 4.74 Å². The maximum absolute atomic E-state index is 8.99. The molecule has 1 rings (SSSR count). The maximum atomic E-state index is 8.99. The van der Waals surface area contributed by atoms with Crippen LogP contribution in [0.4, 0.5) is 0 Å². The van der Waals surface area contributed by atoms with E-state index in [0.717, 1.165) is 0 Å². The van der Waals surface area contributed by atoms with E-state index in [2.05, 4.69) is 0 Å². The van der Waals surface area contributed by atoms with Gasteiger partial charge >= 0.3 is 0 Å². The fourth-order valence-electron chi connectivity index (χ4n) is 0.520. The van der Waals surface area contributed by atoms with Crippen molar-refractivity contribution >= 4 is 0 Å². The van der Waals surface area contributed by atoms with Crippen molar-refractivity contribution in [1.82, 2.24) is 0 Å². The molecule has 1 aliphatic heterocycles. The van der Waals surface area contributed by atoms with Gasteiger partial charge in [-0.3, -0.25) is 0 Å². The Morgan fingerprint density at radius 2 is 3.14 bits per heavy atom. The van der Waals surface area contributed by atoms with Crippen LogP contribution in [0.25, 0.3) is 0 Å². The molecule has 0 radical (unpaired) electrons. The van der Waals surface area contributed by atoms with Gasteiger partial charge in [0.1, 0.15) is 0 Å². The summed E-state index contributed by atoms with van der Waals surface area (Å²) in [4.78, 5) is 0. The van der Waals surface area contributed by atoms with Crippen LogP contribution in [0.3, 0.4) is 0 Å². The molecular formula is C5H10O2. The Bertz CT molecular complexity index is 99.0. The van der Waals surface area contributed by atoms with Crippen molar-refractivity contribution in [2.45, 2.75) is 25.5 Å². The van der Waals surface area contributed by atoms with Gasteiger partial charge in [0.05, 0.1) is 13.6 Å². The minimum atomic E-state index is -0.615. The Balaban J connectivity index is 2.38. The normalized spacial score (nSPS) is 56.4. The van der Waals surface area contributed by atoms with E-state index in [9.17, 15) is 0 Å². The van der Waals surface area contributed by atoms with Crippen LogP contribution in [-0.4, -0.2) is 23.9 Å². The van der Waals surface area contributed by atoms with Crippen LogP contribution in [0.1, 0.15) is 16.1 Å². The van der Waals surface area contributed by atoms with Crippen molar-refractivity contribution in [2.75, 3.05) is 6.58 Å². The molecule has 0 aromatic carbocycles. The van der Waals surface area contributed by atoms with E-state index in [4.69, 9.17) is 12.6 Å². The molecule has 0 bridgehead atoms. The number of hydrogen-bond acceptors (Lipinski definition) is 2. The summed E-state index contributed by atoms with van der Waals surface area (Å²) in [5.74, 6) is 0. The highest BCUT2D eigenvalue weighted by Crippen LogP contribution is 2.10. The van der Waals surface area contributed by atoms with Crippen molar-refractivity contribution in [3.8, 4) is 0 Å². The highest BCUT2D eigenvalue weighted by Gasteiger charge is 2.20. The minimum Gasteiger partial charge on any atom is -0.390 e. The quantitative estimate of drug-likeness (QED) is 0.475. The summed E-state index contributed by atoms with van der Waals surface area (Å²) in [5, 5.41) is 8.99. The molecule has 1 unspecified atom stereocenters. The number of hydrogen-bond donors (Lipinski definition) is 1. The fraction of sp³-hybridized carbons (Fsp3) is 1.00. The molecular weight excluding hydrogens is 92.1 g/mol. The van der Waals surface area contributed by atoms with Gasteiger partial charge in [-0.2, -0.15) is 0 Å². The van der Waals surface area contributed by atoms with Gasteiger partial charge in [-0.05, 0) is 13.3 Å². The Hall–Kier alpha value is -0.0800. The molecule has 3 atom stereocenters. The standard InChI is InChI=1S/C5H10O2/c1-4-5(6)2-3-7-4/h4-6H,2-3H2,1H3/t4-,5?/m1/s1/i1D,3T/t3-,4-,5?. The minimum absolute atomic E-state index is 0.0521. The third-order valence-corrected chi connectivity index (χ3v) is 1.04. The van der Waals surface area contributed by atoms with E-state index in [1.54, 1.807) is 0 Å². The average molecular weight is 105 g/mol. The molecule has 0 aromatic rings. The van der Waals surface area contributed by atoms with Crippen molar-refractivity contribution in [3.63, 3.8) is 0 Å². The smallest absolute Gasteiger partial charge is 0.0821 e. The van der Waals surface area contributed by atoms with Gasteiger partial charge in [-0.1, -0.05) is 0 Å². The molecule has 1 N–H and O–H groups in total. The third kappa shape index (κ3) is 0.924. The summed E-state index contributed by atoms with van der Waals surface area (Å²) >= 11 is 0. The zero-order valence-electron chi connectivity index (χ0n) is 6.00. The first-order chi connectivity index (χ1) is 4.24. The molecule has 1 heterocycles. The third-order valence-electron chi connectivity index (χ3n) is 1.04. The van der Waals surface area contributed by atoms with Gasteiger partial charge in [0.25, 0.3) is 0 Å². The molecule has 1 saturated heterocycles. The van der Waals surface area contributed by atoms with Gasteiger partial charge < -0.3 is 9.84 Å². The second-order valence-corrected chi connectivity index (χ2v) is 1.64. The first kappa shape index (κ1) is 3.05. The lowest BCUT2D eigenvalue weighted by atomic mass is 10.2. The number of ether oxygens (including phenoxy) is 1. The van der Waals surface area contributed by atoms with Crippen LogP contribution in [0, 0.1) is 0 Å². The second kappa shape index (κ2) is 1.80. The van der Waals surface area contributed by atoms with E-state index in [0.29, 0.717) is 6.42 Å². The van der Waals surface area contributed by atoms with Crippen LogP contribution >= 0.6 is 0 Å². The molecule has 0 saturated carbocycles. The number of rotatable bonds is 0. The first-order valence-corrected chi connectivity index (χ1v) is 2.29. The first-order valence-electron chi connectivity index (χ1n) is 3.57. The highest BCUT2D eigenvalue weighted by molar-refractivity contribution is 4.69. The molecule has 0 amide bonds. The van der Waals surface area contributed by atoms with Gasteiger partial charge in [0.2, 0.25) is 0 Å². The average Bonchev–Trinajstić information content (AvgIpc) is 2.10. The summed E-state index contributed by atoms with van der Waals surface area (Å²) < 4.78 is 18.7. The summed E-state index contributed by atoms with van der Waals surface area (Å²) in [6.07, 6.45) is -0.665. The lowest BCUT2D eigenvalue weighted by Crippen LogP contribution is -2.15. The Labute approximate surface area is 45.9 Å². The van der Waals surface area contributed by atoms with E-state index in [1.807, 2.05) is 0 Å². The fourth-order valence-corrected chi connectivity index (χ4v) is 0.520. The molecule has 0 spiro atoms. The molecule has 2 nitrogen and oxygen atoms in total. The predicted octanol–water partition coefficient (Wildman–Crippen LogP) is 0.156. The monoisotopic (exact) mass is 105 g/mol. The zero-order chi connectivity index (χ0) is 6.85. The summed E-state index contributed by atoms with van der Waals surface area (Å²) in [5.41, 5.74) is 0. The van der Waals surface area contributed by atoms with Crippen molar-refractivity contribution < 1.29 is 12.6 Å². The molecule has 0 aliphatic carbocycles. The van der Waals surface area contributed by atoms with Crippen LogP contribution in [0.2, 0.25) is 0 Å². The van der Waals surface area contributed by atoms with E-state index in [1.165, 1.54) is 0 Å². The highest BCUT2D eigenvalue weighted by atomic mass is 16.5. The molecule has 42 valence electrons. The van der Waals surface area contributed by atoms with Crippen LogP contribution < -0.4 is 0 Å². The predicted molar refractivity (Wildman–Crippen MR) is 26.0 cm³/mol. The molecule has 1 aliphatic rings. The van der Waals surface area contributed by atoms with Gasteiger partial charge in [0.15, 0.2) is 0 Å². The van der Waals surface area contributed by atoms with Crippen LogP contribution in [0.5, 0.6) is 0 Å². The molecule has 7 heavy (non-hydrogen) atoms. The zero-order valence-corrected chi connectivity index (χ0v) is 4.00.